The molecule has 2 aromatic rings. The molecule has 0 atom stereocenters. The predicted molar refractivity (Wildman–Crippen MR) is 90.1 cm³/mol. The highest BCUT2D eigenvalue weighted by molar-refractivity contribution is 7.89. The fourth-order valence-corrected chi connectivity index (χ4v) is 3.03. The molecule has 0 aromatic heterocycles. The Morgan fingerprint density at radius 2 is 1.96 bits per heavy atom. The number of nitrogens with one attached hydrogen (secondary N) is 2. The molecule has 24 heavy (non-hydrogen) atoms. The third-order valence-corrected chi connectivity index (χ3v) is 5.09. The molecule has 0 bridgehead atoms. The molecule has 0 spiro atoms. The monoisotopic (exact) mass is 370 g/mol. The van der Waals surface area contributed by atoms with Crippen LogP contribution in [0, 0.1) is 5.82 Å². The third-order valence-electron chi connectivity index (χ3n) is 3.35. The first kappa shape index (κ1) is 18.4. The third kappa shape index (κ3) is 4.53. The van der Waals surface area contributed by atoms with E-state index >= 15 is 0 Å². The van der Waals surface area contributed by atoms with E-state index in [1.165, 1.54) is 37.4 Å². The van der Waals surface area contributed by atoms with E-state index in [1.54, 1.807) is 12.1 Å². The van der Waals surface area contributed by atoms with Crippen LogP contribution in [0.4, 0.5) is 4.39 Å². The molecule has 1 amide bonds. The molecule has 0 aliphatic rings. The molecule has 5 nitrogen and oxygen atoms in total. The molecule has 0 radical (unpaired) electrons. The second-order valence-corrected chi connectivity index (χ2v) is 7.28. The van der Waals surface area contributed by atoms with Crippen molar-refractivity contribution in [3.05, 3.63) is 64.4 Å². The fraction of sp³-hybridized carbons (Fsp3) is 0.188. The molecule has 0 saturated heterocycles. The van der Waals surface area contributed by atoms with Crippen LogP contribution >= 0.6 is 11.6 Å². The Kier molecular flexibility index (Phi) is 5.93. The van der Waals surface area contributed by atoms with Crippen molar-refractivity contribution >= 4 is 27.5 Å². The van der Waals surface area contributed by atoms with Crippen molar-refractivity contribution in [3.8, 4) is 0 Å². The smallest absolute Gasteiger partial charge is 0.252 e. The number of hydrogen-bond acceptors (Lipinski definition) is 3. The lowest BCUT2D eigenvalue weighted by molar-refractivity contribution is 0.0954. The number of amides is 1. The van der Waals surface area contributed by atoms with E-state index in [1.807, 2.05) is 0 Å². The van der Waals surface area contributed by atoms with Gasteiger partial charge >= 0.3 is 0 Å². The summed E-state index contributed by atoms with van der Waals surface area (Å²) in [5.74, 6) is -0.837. The zero-order valence-electron chi connectivity index (χ0n) is 12.8. The Morgan fingerprint density at radius 1 is 1.21 bits per heavy atom. The highest BCUT2D eigenvalue weighted by atomic mass is 35.5. The lowest BCUT2D eigenvalue weighted by Crippen LogP contribution is -2.26. The summed E-state index contributed by atoms with van der Waals surface area (Å²) in [6.45, 7) is 0.265. The van der Waals surface area contributed by atoms with Gasteiger partial charge in [0.15, 0.2) is 0 Å². The van der Waals surface area contributed by atoms with Gasteiger partial charge in [0.25, 0.3) is 5.91 Å². The van der Waals surface area contributed by atoms with E-state index in [0.29, 0.717) is 6.42 Å². The Bertz CT molecular complexity index is 856. The van der Waals surface area contributed by atoms with Crippen molar-refractivity contribution in [1.29, 1.82) is 0 Å². The van der Waals surface area contributed by atoms with Gasteiger partial charge in [0.1, 0.15) is 5.82 Å². The van der Waals surface area contributed by atoms with E-state index in [4.69, 9.17) is 11.6 Å². The summed E-state index contributed by atoms with van der Waals surface area (Å²) in [5, 5.41) is 2.79. The summed E-state index contributed by atoms with van der Waals surface area (Å²) in [6.07, 6.45) is 0.440. The molecule has 8 heteroatoms. The van der Waals surface area contributed by atoms with Crippen LogP contribution in [0.1, 0.15) is 15.9 Å². The maximum absolute atomic E-state index is 13.1. The normalized spacial score (nSPS) is 11.3. The molecule has 0 heterocycles. The molecule has 2 N–H and O–H groups in total. The summed E-state index contributed by atoms with van der Waals surface area (Å²) in [6, 6.07) is 9.96. The first-order chi connectivity index (χ1) is 11.3. The summed E-state index contributed by atoms with van der Waals surface area (Å²) in [7, 11) is -2.39. The van der Waals surface area contributed by atoms with Gasteiger partial charge in [0.05, 0.1) is 15.5 Å². The van der Waals surface area contributed by atoms with Gasteiger partial charge in [0.2, 0.25) is 10.0 Å². The maximum atomic E-state index is 13.1. The molecule has 2 aromatic carbocycles. The van der Waals surface area contributed by atoms with Crippen molar-refractivity contribution in [1.82, 2.24) is 10.0 Å². The molecule has 2 rings (SSSR count). The van der Waals surface area contributed by atoms with Gasteiger partial charge in [-0.3, -0.25) is 4.79 Å². The van der Waals surface area contributed by atoms with Crippen molar-refractivity contribution in [2.45, 2.75) is 11.3 Å². The number of carbonyl (C=O) groups excluding carboxylic acids is 1. The van der Waals surface area contributed by atoms with Gasteiger partial charge in [-0.25, -0.2) is 17.5 Å². The van der Waals surface area contributed by atoms with Crippen LogP contribution in [0.3, 0.4) is 0 Å². The average molecular weight is 371 g/mol. The van der Waals surface area contributed by atoms with E-state index in [0.717, 1.165) is 5.56 Å². The van der Waals surface area contributed by atoms with Gasteiger partial charge in [-0.2, -0.15) is 0 Å². The second-order valence-electron chi connectivity index (χ2n) is 4.99. The minimum Gasteiger partial charge on any atom is -0.352 e. The van der Waals surface area contributed by atoms with E-state index in [2.05, 4.69) is 10.0 Å². The highest BCUT2D eigenvalue weighted by Gasteiger charge is 2.17. The SMILES string of the molecule is CNS(=O)(=O)c1ccc(Cl)c(C(=O)NCCc2cccc(F)c2)c1. The van der Waals surface area contributed by atoms with Gasteiger partial charge in [-0.05, 0) is 49.4 Å². The van der Waals surface area contributed by atoms with Gasteiger partial charge in [-0.15, -0.1) is 0 Å². The number of sulfonamides is 1. The maximum Gasteiger partial charge on any atom is 0.252 e. The van der Waals surface area contributed by atoms with Crippen molar-refractivity contribution in [2.75, 3.05) is 13.6 Å². The number of rotatable bonds is 6. The van der Waals surface area contributed by atoms with Crippen LogP contribution in [-0.2, 0) is 16.4 Å². The highest BCUT2D eigenvalue weighted by Crippen LogP contribution is 2.20. The van der Waals surface area contributed by atoms with Gasteiger partial charge in [-0.1, -0.05) is 23.7 Å². The predicted octanol–water partition coefficient (Wildman–Crippen LogP) is 2.36. The number of halogens is 2. The van der Waals surface area contributed by atoms with Crippen LogP contribution in [0.15, 0.2) is 47.4 Å². The fourth-order valence-electron chi connectivity index (χ4n) is 2.07. The topological polar surface area (TPSA) is 75.3 Å². The van der Waals surface area contributed by atoms with Crippen LogP contribution in [-0.4, -0.2) is 27.9 Å². The lowest BCUT2D eigenvalue weighted by atomic mass is 10.1. The van der Waals surface area contributed by atoms with E-state index < -0.39 is 15.9 Å². The average Bonchev–Trinajstić information content (AvgIpc) is 2.55. The molecule has 0 aliphatic carbocycles. The molecule has 0 unspecified atom stereocenters. The lowest BCUT2D eigenvalue weighted by Gasteiger charge is -2.09. The van der Waals surface area contributed by atoms with Gasteiger partial charge in [0, 0.05) is 6.54 Å². The van der Waals surface area contributed by atoms with E-state index in [9.17, 15) is 17.6 Å². The quantitative estimate of drug-likeness (QED) is 0.819. The van der Waals surface area contributed by atoms with Crippen LogP contribution < -0.4 is 10.0 Å². The standard InChI is InChI=1S/C16H16ClFN2O3S/c1-19-24(22,23)13-5-6-15(17)14(10-13)16(21)20-8-7-11-3-2-4-12(18)9-11/h2-6,9-10,19H,7-8H2,1H3,(H,20,21). The second kappa shape index (κ2) is 7.74. The van der Waals surface area contributed by atoms with Crippen molar-refractivity contribution < 1.29 is 17.6 Å². The summed E-state index contributed by atoms with van der Waals surface area (Å²) in [4.78, 5) is 12.2. The number of carbonyl (C=O) groups is 1. The number of hydrogen-bond donors (Lipinski definition) is 2. The summed E-state index contributed by atoms with van der Waals surface area (Å²) < 4.78 is 38.9. The molecule has 0 saturated carbocycles. The zero-order chi connectivity index (χ0) is 17.7. The number of benzene rings is 2. The van der Waals surface area contributed by atoms with Crippen LogP contribution in [0.5, 0.6) is 0 Å². The zero-order valence-corrected chi connectivity index (χ0v) is 14.4. The molecular weight excluding hydrogens is 355 g/mol. The van der Waals surface area contributed by atoms with Crippen LogP contribution in [0.25, 0.3) is 0 Å². The first-order valence-corrected chi connectivity index (χ1v) is 8.95. The van der Waals surface area contributed by atoms with Crippen molar-refractivity contribution in [2.24, 2.45) is 0 Å². The largest absolute Gasteiger partial charge is 0.352 e. The Morgan fingerprint density at radius 3 is 2.62 bits per heavy atom. The Balaban J connectivity index is 2.08. The van der Waals surface area contributed by atoms with Crippen molar-refractivity contribution in [3.63, 3.8) is 0 Å². The Hall–Kier alpha value is -1.96. The molecular formula is C16H16ClFN2O3S. The molecule has 0 fully saturated rings. The minimum absolute atomic E-state index is 0.0512. The Labute approximate surface area is 144 Å². The van der Waals surface area contributed by atoms with Gasteiger partial charge < -0.3 is 5.32 Å². The van der Waals surface area contributed by atoms with E-state index in [-0.39, 0.29) is 27.8 Å². The van der Waals surface area contributed by atoms with Crippen LogP contribution in [0.2, 0.25) is 5.02 Å². The summed E-state index contributed by atoms with van der Waals surface area (Å²) in [5.41, 5.74) is 0.806. The molecule has 128 valence electrons. The first-order valence-electron chi connectivity index (χ1n) is 7.09. The molecule has 0 aliphatic heterocycles. The summed E-state index contributed by atoms with van der Waals surface area (Å²) >= 11 is 5.98. The minimum atomic E-state index is -3.67.